The second kappa shape index (κ2) is 4.90. The van der Waals surface area contributed by atoms with Crippen molar-refractivity contribution in [3.63, 3.8) is 0 Å². The molecule has 0 bridgehead atoms. The predicted molar refractivity (Wildman–Crippen MR) is 74.8 cm³/mol. The molecule has 1 aromatic carbocycles. The lowest BCUT2D eigenvalue weighted by molar-refractivity contribution is 0.449. The Labute approximate surface area is 111 Å². The summed E-state index contributed by atoms with van der Waals surface area (Å²) < 4.78 is 5.84. The van der Waals surface area contributed by atoms with E-state index in [1.807, 2.05) is 25.1 Å². The molecule has 4 heteroatoms. The van der Waals surface area contributed by atoms with E-state index in [0.29, 0.717) is 0 Å². The molecule has 2 heterocycles. The highest BCUT2D eigenvalue weighted by Crippen LogP contribution is 2.23. The molecule has 1 unspecified atom stereocenters. The Morgan fingerprint density at radius 1 is 1.37 bits per heavy atom. The summed E-state index contributed by atoms with van der Waals surface area (Å²) in [7, 11) is 0. The summed E-state index contributed by atoms with van der Waals surface area (Å²) in [6, 6.07) is 10.3. The van der Waals surface area contributed by atoms with Gasteiger partial charge >= 0.3 is 0 Å². The van der Waals surface area contributed by atoms with Crippen molar-refractivity contribution < 1.29 is 4.42 Å². The first-order valence-corrected chi connectivity index (χ1v) is 6.45. The molecule has 0 aliphatic heterocycles. The van der Waals surface area contributed by atoms with Crippen molar-refractivity contribution in [1.29, 1.82) is 0 Å². The third kappa shape index (κ3) is 2.39. The zero-order chi connectivity index (χ0) is 13.2. The second-order valence-electron chi connectivity index (χ2n) is 4.76. The van der Waals surface area contributed by atoms with Gasteiger partial charge in [0.05, 0.1) is 18.1 Å². The van der Waals surface area contributed by atoms with E-state index in [-0.39, 0.29) is 6.04 Å². The van der Waals surface area contributed by atoms with Gasteiger partial charge in [-0.25, -0.2) is 4.98 Å². The Bertz CT molecular complexity index is 650. The Morgan fingerprint density at radius 2 is 2.21 bits per heavy atom. The number of nitrogens with zero attached hydrogens (tertiary/aromatic N) is 1. The number of imidazole rings is 1. The Kier molecular flexibility index (Phi) is 3.09. The third-order valence-electron chi connectivity index (χ3n) is 3.38. The molecule has 0 saturated carbocycles. The molecule has 0 aliphatic rings. The van der Waals surface area contributed by atoms with Crippen LogP contribution in [0.15, 0.2) is 41.1 Å². The molecule has 2 N–H and O–H groups in total. The summed E-state index contributed by atoms with van der Waals surface area (Å²) >= 11 is 0. The predicted octanol–water partition coefficient (Wildman–Crippen LogP) is 3.32. The molecule has 1 atom stereocenters. The number of fused-ring (bicyclic) bond motifs is 1. The first-order chi connectivity index (χ1) is 9.24. The van der Waals surface area contributed by atoms with Gasteiger partial charge in [0.25, 0.3) is 0 Å². The van der Waals surface area contributed by atoms with Crippen molar-refractivity contribution in [2.24, 2.45) is 0 Å². The molecule has 0 fully saturated rings. The van der Waals surface area contributed by atoms with Gasteiger partial charge in [0.2, 0.25) is 0 Å². The van der Waals surface area contributed by atoms with E-state index in [9.17, 15) is 0 Å². The average Bonchev–Trinajstić information content (AvgIpc) is 3.01. The van der Waals surface area contributed by atoms with Crippen molar-refractivity contribution in [1.82, 2.24) is 15.3 Å². The highest BCUT2D eigenvalue weighted by molar-refractivity contribution is 5.77. The van der Waals surface area contributed by atoms with E-state index in [1.165, 1.54) is 0 Å². The highest BCUT2D eigenvalue weighted by atomic mass is 16.3. The van der Waals surface area contributed by atoms with E-state index >= 15 is 0 Å². The quantitative estimate of drug-likeness (QED) is 0.752. The van der Waals surface area contributed by atoms with E-state index in [1.54, 1.807) is 6.33 Å². The number of aromatic amines is 1. The number of nitrogens with one attached hydrogen (secondary N) is 2. The van der Waals surface area contributed by atoms with Crippen LogP contribution in [-0.2, 0) is 6.54 Å². The maximum Gasteiger partial charge on any atom is 0.134 e. The standard InChI is InChI=1S/C15H17N3O/c1-10-13(18-9-17-10)8-16-11(2)15-7-12-5-3-4-6-14(12)19-15/h3-7,9,11,16H,8H2,1-2H3,(H,17,18). The molecule has 19 heavy (non-hydrogen) atoms. The second-order valence-corrected chi connectivity index (χ2v) is 4.76. The van der Waals surface area contributed by atoms with Gasteiger partial charge in [0.1, 0.15) is 11.3 Å². The largest absolute Gasteiger partial charge is 0.459 e. The number of rotatable bonds is 4. The molecule has 3 rings (SSSR count). The van der Waals surface area contributed by atoms with Gasteiger partial charge in [-0.3, -0.25) is 0 Å². The topological polar surface area (TPSA) is 53.9 Å². The van der Waals surface area contributed by atoms with E-state index in [2.05, 4.69) is 34.3 Å². The lowest BCUT2D eigenvalue weighted by Gasteiger charge is -2.10. The monoisotopic (exact) mass is 255 g/mol. The van der Waals surface area contributed by atoms with Crippen molar-refractivity contribution in [2.75, 3.05) is 0 Å². The first kappa shape index (κ1) is 12.0. The molecule has 0 radical (unpaired) electrons. The smallest absolute Gasteiger partial charge is 0.134 e. The lowest BCUT2D eigenvalue weighted by atomic mass is 10.2. The Hall–Kier alpha value is -2.07. The van der Waals surface area contributed by atoms with Crippen LogP contribution >= 0.6 is 0 Å². The zero-order valence-electron chi connectivity index (χ0n) is 11.1. The molecule has 0 saturated heterocycles. The van der Waals surface area contributed by atoms with Gasteiger partial charge < -0.3 is 14.7 Å². The Morgan fingerprint density at radius 3 is 2.95 bits per heavy atom. The molecule has 4 nitrogen and oxygen atoms in total. The fraction of sp³-hybridized carbons (Fsp3) is 0.267. The number of hydrogen-bond acceptors (Lipinski definition) is 3. The molecule has 98 valence electrons. The summed E-state index contributed by atoms with van der Waals surface area (Å²) in [6.45, 7) is 4.85. The summed E-state index contributed by atoms with van der Waals surface area (Å²) in [5.74, 6) is 0.953. The molecule has 3 aromatic rings. The van der Waals surface area contributed by atoms with Crippen LogP contribution in [0, 0.1) is 6.92 Å². The van der Waals surface area contributed by atoms with Crippen LogP contribution in [-0.4, -0.2) is 9.97 Å². The minimum atomic E-state index is 0.156. The molecule has 0 amide bonds. The maximum atomic E-state index is 5.84. The van der Waals surface area contributed by atoms with E-state index in [0.717, 1.165) is 34.7 Å². The van der Waals surface area contributed by atoms with Gasteiger partial charge in [0, 0.05) is 17.6 Å². The molecule has 0 spiro atoms. The number of H-pyrrole nitrogens is 1. The SMILES string of the molecule is Cc1[nH]cnc1CNC(C)c1cc2ccccc2o1. The van der Waals surface area contributed by atoms with Crippen LogP contribution in [0.3, 0.4) is 0 Å². The molecule has 0 aliphatic carbocycles. The fourth-order valence-corrected chi connectivity index (χ4v) is 2.13. The summed E-state index contributed by atoms with van der Waals surface area (Å²) in [6.07, 6.45) is 1.72. The van der Waals surface area contributed by atoms with Gasteiger partial charge in [0.15, 0.2) is 0 Å². The van der Waals surface area contributed by atoms with Crippen LogP contribution in [0.2, 0.25) is 0 Å². The highest BCUT2D eigenvalue weighted by Gasteiger charge is 2.11. The van der Waals surface area contributed by atoms with E-state index in [4.69, 9.17) is 4.42 Å². The lowest BCUT2D eigenvalue weighted by Crippen LogP contribution is -2.18. The van der Waals surface area contributed by atoms with Crippen LogP contribution < -0.4 is 5.32 Å². The van der Waals surface area contributed by atoms with Crippen LogP contribution in [0.5, 0.6) is 0 Å². The number of para-hydroxylation sites is 1. The number of furan rings is 1. The number of aryl methyl sites for hydroxylation is 1. The minimum Gasteiger partial charge on any atom is -0.459 e. The molecular weight excluding hydrogens is 238 g/mol. The minimum absolute atomic E-state index is 0.156. The van der Waals surface area contributed by atoms with Gasteiger partial charge in [-0.05, 0) is 26.0 Å². The molecular formula is C15H17N3O. The number of benzene rings is 1. The van der Waals surface area contributed by atoms with Crippen LogP contribution in [0.4, 0.5) is 0 Å². The summed E-state index contributed by atoms with van der Waals surface area (Å²) in [4.78, 5) is 7.35. The van der Waals surface area contributed by atoms with Crippen molar-refractivity contribution in [3.05, 3.63) is 53.8 Å². The first-order valence-electron chi connectivity index (χ1n) is 6.45. The van der Waals surface area contributed by atoms with Crippen LogP contribution in [0.25, 0.3) is 11.0 Å². The van der Waals surface area contributed by atoms with Crippen molar-refractivity contribution >= 4 is 11.0 Å². The van der Waals surface area contributed by atoms with Gasteiger partial charge in [-0.15, -0.1) is 0 Å². The molecule has 2 aromatic heterocycles. The summed E-state index contributed by atoms with van der Waals surface area (Å²) in [5.41, 5.74) is 3.08. The maximum absolute atomic E-state index is 5.84. The van der Waals surface area contributed by atoms with Crippen LogP contribution in [0.1, 0.15) is 30.1 Å². The average molecular weight is 255 g/mol. The third-order valence-corrected chi connectivity index (χ3v) is 3.38. The normalized spacial score (nSPS) is 12.9. The van der Waals surface area contributed by atoms with Gasteiger partial charge in [-0.1, -0.05) is 18.2 Å². The summed E-state index contributed by atoms with van der Waals surface area (Å²) in [5, 5.41) is 4.57. The van der Waals surface area contributed by atoms with Gasteiger partial charge in [-0.2, -0.15) is 0 Å². The number of aromatic nitrogens is 2. The van der Waals surface area contributed by atoms with E-state index < -0.39 is 0 Å². The number of hydrogen-bond donors (Lipinski definition) is 2. The van der Waals surface area contributed by atoms with Crippen molar-refractivity contribution in [2.45, 2.75) is 26.4 Å². The van der Waals surface area contributed by atoms with Crippen molar-refractivity contribution in [3.8, 4) is 0 Å². The zero-order valence-corrected chi connectivity index (χ0v) is 11.1. The Balaban J connectivity index is 1.73. The fourth-order valence-electron chi connectivity index (χ4n) is 2.13.